The van der Waals surface area contributed by atoms with E-state index in [-0.39, 0.29) is 11.6 Å². The molecule has 47 heavy (non-hydrogen) atoms. The zero-order valence-corrected chi connectivity index (χ0v) is 30.7. The first-order valence-corrected chi connectivity index (χ1v) is 17.0. The molecule has 0 atom stereocenters. The van der Waals surface area contributed by atoms with Gasteiger partial charge in [-0.3, -0.25) is 0 Å². The first-order valence-electron chi connectivity index (χ1n) is 17.0. The molecule has 0 fully saturated rings. The molecule has 4 aromatic rings. The summed E-state index contributed by atoms with van der Waals surface area (Å²) in [5.41, 5.74) is 7.17. The summed E-state index contributed by atoms with van der Waals surface area (Å²) in [5.74, 6) is 1.14. The number of hydrogen-bond donors (Lipinski definition) is 0. The standard InChI is InChI=1S/2C11H15F.C11H16.C10H12F2/c1-8(2)6-10-5-4-9(3)11(12)7-10;1-8(2)6-10-7-9(3)4-5-11(10)12;1-9(2)8-11-6-4-10(3)5-7-11;1-7(2)5-8-3-4-9(11)6-10(8)12/h2*4-5,7-8H,6H2,1-3H3;4-7,9H,8H2,1-3H3;3-4,6-7H,5H2,1-2H3. The average molecular weight is 651 g/mol. The van der Waals surface area contributed by atoms with Crippen LogP contribution in [0.3, 0.4) is 0 Å². The first kappa shape index (κ1) is 41.6. The van der Waals surface area contributed by atoms with Crippen LogP contribution >= 0.6 is 0 Å². The topological polar surface area (TPSA) is 0 Å². The molecule has 0 unspecified atom stereocenters. The lowest BCUT2D eigenvalue weighted by molar-refractivity contribution is 0.552. The Morgan fingerprint density at radius 2 is 0.894 bits per heavy atom. The van der Waals surface area contributed by atoms with Gasteiger partial charge in [-0.1, -0.05) is 121 Å². The Bertz CT molecular complexity index is 1450. The van der Waals surface area contributed by atoms with Crippen molar-refractivity contribution in [3.63, 3.8) is 0 Å². The van der Waals surface area contributed by atoms with Gasteiger partial charge in [0.25, 0.3) is 0 Å². The maximum absolute atomic E-state index is 13.1. The van der Waals surface area contributed by atoms with Crippen molar-refractivity contribution in [3.8, 4) is 0 Å². The van der Waals surface area contributed by atoms with E-state index in [1.807, 2.05) is 39.0 Å². The van der Waals surface area contributed by atoms with Gasteiger partial charge in [-0.25, -0.2) is 17.6 Å². The van der Waals surface area contributed by atoms with E-state index >= 15 is 0 Å². The molecule has 0 saturated heterocycles. The summed E-state index contributed by atoms with van der Waals surface area (Å²) in [4.78, 5) is 0. The largest absolute Gasteiger partial charge is 0.207 e. The molecule has 0 aliphatic carbocycles. The number of hydrogen-bond acceptors (Lipinski definition) is 0. The highest BCUT2D eigenvalue weighted by Gasteiger charge is 2.06. The molecule has 0 aliphatic heterocycles. The van der Waals surface area contributed by atoms with Crippen LogP contribution in [0.4, 0.5) is 17.6 Å². The SMILES string of the molecule is CC(C)Cc1ccc(F)cc1F.Cc1ccc(CC(C)C)cc1.Cc1ccc(CC(C)C)cc1F.Cc1ccc(F)c(CC(C)C)c1. The van der Waals surface area contributed by atoms with Crippen LogP contribution in [0.1, 0.15) is 94.3 Å². The zero-order valence-electron chi connectivity index (χ0n) is 30.7. The van der Waals surface area contributed by atoms with E-state index in [1.54, 1.807) is 25.1 Å². The molecule has 0 saturated carbocycles. The summed E-state index contributed by atoms with van der Waals surface area (Å²) in [5, 5.41) is 0. The Labute approximate surface area is 283 Å². The quantitative estimate of drug-likeness (QED) is 0.167. The van der Waals surface area contributed by atoms with E-state index in [9.17, 15) is 17.6 Å². The number of rotatable bonds is 8. The molecule has 0 N–H and O–H groups in total. The molecular weight excluding hydrogens is 592 g/mol. The number of aryl methyl sites for hydroxylation is 3. The average Bonchev–Trinajstić information content (AvgIpc) is 2.96. The van der Waals surface area contributed by atoms with Crippen molar-refractivity contribution in [1.82, 2.24) is 0 Å². The highest BCUT2D eigenvalue weighted by atomic mass is 19.1. The van der Waals surface area contributed by atoms with Gasteiger partial charge in [-0.05, 0) is 116 Å². The molecule has 258 valence electrons. The van der Waals surface area contributed by atoms with Gasteiger partial charge in [-0.2, -0.15) is 0 Å². The van der Waals surface area contributed by atoms with Crippen LogP contribution in [0.2, 0.25) is 0 Å². The summed E-state index contributed by atoms with van der Waals surface area (Å²) in [6.45, 7) is 22.9. The molecule has 0 aliphatic rings. The molecule has 4 heteroatoms. The summed E-state index contributed by atoms with van der Waals surface area (Å²) >= 11 is 0. The number of halogens is 4. The smallest absolute Gasteiger partial charge is 0.129 e. The van der Waals surface area contributed by atoms with Crippen molar-refractivity contribution in [2.75, 3.05) is 0 Å². The van der Waals surface area contributed by atoms with E-state index in [0.717, 1.165) is 47.1 Å². The minimum Gasteiger partial charge on any atom is -0.207 e. The van der Waals surface area contributed by atoms with Crippen molar-refractivity contribution >= 4 is 0 Å². The Morgan fingerprint density at radius 1 is 0.404 bits per heavy atom. The Balaban J connectivity index is 0.000000314. The second-order valence-corrected chi connectivity index (χ2v) is 14.3. The van der Waals surface area contributed by atoms with Gasteiger partial charge >= 0.3 is 0 Å². The fourth-order valence-electron chi connectivity index (χ4n) is 4.86. The van der Waals surface area contributed by atoms with E-state index < -0.39 is 11.6 Å². The fraction of sp³-hybridized carbons (Fsp3) is 0.442. The molecule has 0 radical (unpaired) electrons. The Kier molecular flexibility index (Phi) is 19.0. The number of benzene rings is 4. The van der Waals surface area contributed by atoms with Crippen LogP contribution in [-0.4, -0.2) is 0 Å². The normalized spacial score (nSPS) is 10.7. The Morgan fingerprint density at radius 3 is 1.40 bits per heavy atom. The molecule has 0 bridgehead atoms. The maximum atomic E-state index is 13.1. The molecule has 0 aromatic heterocycles. The van der Waals surface area contributed by atoms with E-state index in [4.69, 9.17) is 0 Å². The third-order valence-electron chi connectivity index (χ3n) is 7.12. The zero-order chi connectivity index (χ0) is 35.7. The lowest BCUT2D eigenvalue weighted by Crippen LogP contribution is -1.97. The summed E-state index contributed by atoms with van der Waals surface area (Å²) in [6, 6.07) is 23.3. The van der Waals surface area contributed by atoms with Crippen LogP contribution < -0.4 is 0 Å². The van der Waals surface area contributed by atoms with E-state index in [2.05, 4.69) is 72.7 Å². The van der Waals surface area contributed by atoms with Crippen LogP contribution in [-0.2, 0) is 25.7 Å². The van der Waals surface area contributed by atoms with Gasteiger partial charge in [0.2, 0.25) is 0 Å². The molecule has 4 rings (SSSR count). The second-order valence-electron chi connectivity index (χ2n) is 14.3. The van der Waals surface area contributed by atoms with Crippen molar-refractivity contribution < 1.29 is 17.6 Å². The first-order chi connectivity index (χ1) is 22.0. The molecule has 0 amide bonds. The highest BCUT2D eigenvalue weighted by Crippen LogP contribution is 2.16. The van der Waals surface area contributed by atoms with Crippen molar-refractivity contribution in [2.24, 2.45) is 23.7 Å². The lowest BCUT2D eigenvalue weighted by Gasteiger charge is -2.06. The van der Waals surface area contributed by atoms with Gasteiger partial charge in [0.1, 0.15) is 23.3 Å². The summed E-state index contributed by atoms with van der Waals surface area (Å²) in [6.07, 6.45) is 3.64. The fourth-order valence-corrected chi connectivity index (χ4v) is 4.86. The van der Waals surface area contributed by atoms with Gasteiger partial charge in [0, 0.05) is 6.07 Å². The van der Waals surface area contributed by atoms with Crippen molar-refractivity contribution in [1.29, 1.82) is 0 Å². The van der Waals surface area contributed by atoms with Gasteiger partial charge < -0.3 is 0 Å². The monoisotopic (exact) mass is 650 g/mol. The Hall–Kier alpha value is -3.40. The van der Waals surface area contributed by atoms with Crippen LogP contribution in [0.15, 0.2) is 78.9 Å². The van der Waals surface area contributed by atoms with E-state index in [1.165, 1.54) is 29.7 Å². The summed E-state index contributed by atoms with van der Waals surface area (Å²) in [7, 11) is 0. The minimum absolute atomic E-state index is 0.0747. The maximum Gasteiger partial charge on any atom is 0.129 e. The van der Waals surface area contributed by atoms with Crippen molar-refractivity contribution in [3.05, 3.63) is 141 Å². The molecule has 4 aromatic carbocycles. The summed E-state index contributed by atoms with van der Waals surface area (Å²) < 4.78 is 51.6. The second kappa shape index (κ2) is 21.5. The van der Waals surface area contributed by atoms with Crippen molar-refractivity contribution in [2.45, 2.75) is 102 Å². The van der Waals surface area contributed by atoms with Crippen LogP contribution in [0.5, 0.6) is 0 Å². The van der Waals surface area contributed by atoms with Crippen LogP contribution in [0, 0.1) is 67.7 Å². The predicted octanol–water partition coefficient (Wildman–Crippen LogP) is 13.0. The van der Waals surface area contributed by atoms with E-state index in [0.29, 0.717) is 29.7 Å². The molecule has 0 nitrogen and oxygen atoms in total. The van der Waals surface area contributed by atoms with Gasteiger partial charge in [0.15, 0.2) is 0 Å². The third-order valence-corrected chi connectivity index (χ3v) is 7.12. The predicted molar refractivity (Wildman–Crippen MR) is 194 cm³/mol. The highest BCUT2D eigenvalue weighted by molar-refractivity contribution is 5.25. The van der Waals surface area contributed by atoms with Crippen LogP contribution in [0.25, 0.3) is 0 Å². The molecule has 0 heterocycles. The van der Waals surface area contributed by atoms with Gasteiger partial charge in [0.05, 0.1) is 0 Å². The van der Waals surface area contributed by atoms with Gasteiger partial charge in [-0.15, -0.1) is 0 Å². The lowest BCUT2D eigenvalue weighted by atomic mass is 10.0. The molecular formula is C43H58F4. The molecule has 0 spiro atoms. The minimum atomic E-state index is -0.514. The third kappa shape index (κ3) is 18.5.